The van der Waals surface area contributed by atoms with Crippen LogP contribution in [0.5, 0.6) is 0 Å². The van der Waals surface area contributed by atoms with Crippen LogP contribution in [0.4, 0.5) is 0 Å². The zero-order valence-electron chi connectivity index (χ0n) is 15.7. The number of amides is 1. The monoisotopic (exact) mass is 378 g/mol. The Bertz CT molecular complexity index is 933. The van der Waals surface area contributed by atoms with Crippen molar-refractivity contribution in [3.8, 4) is 11.3 Å². The van der Waals surface area contributed by atoms with Crippen molar-refractivity contribution < 1.29 is 19.1 Å². The fourth-order valence-electron chi connectivity index (χ4n) is 2.86. The van der Waals surface area contributed by atoms with E-state index in [2.05, 4.69) is 4.98 Å². The second-order valence-electron chi connectivity index (χ2n) is 6.59. The molecule has 1 N–H and O–H groups in total. The predicted octanol–water partition coefficient (Wildman–Crippen LogP) is 4.02. The summed E-state index contributed by atoms with van der Waals surface area (Å²) in [5.74, 6) is 0.414. The van der Waals surface area contributed by atoms with Crippen LogP contribution in [0.2, 0.25) is 0 Å². The third kappa shape index (κ3) is 5.07. The maximum atomic E-state index is 12.3. The summed E-state index contributed by atoms with van der Waals surface area (Å²) in [6.45, 7) is 0.440. The van der Waals surface area contributed by atoms with Crippen LogP contribution in [0.3, 0.4) is 0 Å². The highest BCUT2D eigenvalue weighted by Gasteiger charge is 2.12. The molecule has 1 amide bonds. The first kappa shape index (κ1) is 19.4. The Morgan fingerprint density at radius 3 is 2.46 bits per heavy atom. The first-order valence-corrected chi connectivity index (χ1v) is 9.09. The zero-order valence-corrected chi connectivity index (χ0v) is 15.7. The molecule has 0 saturated heterocycles. The highest BCUT2D eigenvalue weighted by atomic mass is 16.4. The van der Waals surface area contributed by atoms with Crippen LogP contribution in [0.25, 0.3) is 11.3 Å². The van der Waals surface area contributed by atoms with Crippen LogP contribution in [-0.2, 0) is 17.8 Å². The summed E-state index contributed by atoms with van der Waals surface area (Å²) in [4.78, 5) is 29.1. The van der Waals surface area contributed by atoms with Crippen molar-refractivity contribution in [2.45, 2.75) is 25.8 Å². The summed E-state index contributed by atoms with van der Waals surface area (Å²) in [6.07, 6.45) is 3.35. The molecule has 0 bridgehead atoms. The number of aromatic carboxylic acids is 1. The van der Waals surface area contributed by atoms with Crippen molar-refractivity contribution in [3.05, 3.63) is 77.8 Å². The summed E-state index contributed by atoms with van der Waals surface area (Å²) in [6, 6.07) is 16.3. The van der Waals surface area contributed by atoms with Crippen LogP contribution in [0.1, 0.15) is 34.7 Å². The van der Waals surface area contributed by atoms with Crippen LogP contribution >= 0.6 is 0 Å². The molecule has 0 spiro atoms. The number of oxazole rings is 1. The third-order valence-corrected chi connectivity index (χ3v) is 4.44. The molecule has 28 heavy (non-hydrogen) atoms. The lowest BCUT2D eigenvalue weighted by molar-refractivity contribution is -0.130. The number of carboxylic acid groups (broad SMARTS) is 1. The number of nitrogens with zero attached hydrogens (tertiary/aromatic N) is 2. The molecular weight excluding hydrogens is 356 g/mol. The van der Waals surface area contributed by atoms with E-state index < -0.39 is 5.97 Å². The molecule has 2 aromatic carbocycles. The Morgan fingerprint density at radius 2 is 1.79 bits per heavy atom. The number of hydrogen-bond acceptors (Lipinski definition) is 4. The van der Waals surface area contributed by atoms with Gasteiger partial charge >= 0.3 is 5.97 Å². The van der Waals surface area contributed by atoms with Crippen LogP contribution in [0.15, 0.2) is 65.2 Å². The molecule has 0 atom stereocenters. The van der Waals surface area contributed by atoms with E-state index in [1.807, 2.05) is 30.3 Å². The largest absolute Gasteiger partial charge is 0.478 e. The standard InChI is InChI=1S/C22H22N2O4/c1-24(15-16-10-12-18(13-11-16)22(26)27)21(25)9-5-8-20-23-14-19(28-20)17-6-3-2-4-7-17/h2-4,6-7,10-14H,5,8-9,15H2,1H3,(H,26,27). The first-order valence-electron chi connectivity index (χ1n) is 9.09. The Hall–Kier alpha value is -3.41. The smallest absolute Gasteiger partial charge is 0.335 e. The van der Waals surface area contributed by atoms with E-state index in [1.54, 1.807) is 42.4 Å². The Balaban J connectivity index is 1.46. The molecule has 0 saturated carbocycles. The Labute approximate surface area is 163 Å². The molecule has 3 aromatic rings. The number of carboxylic acids is 1. The van der Waals surface area contributed by atoms with E-state index in [1.165, 1.54) is 0 Å². The number of rotatable bonds is 8. The highest BCUT2D eigenvalue weighted by molar-refractivity contribution is 5.87. The van der Waals surface area contributed by atoms with Crippen molar-refractivity contribution >= 4 is 11.9 Å². The summed E-state index contributed by atoms with van der Waals surface area (Å²) in [5.41, 5.74) is 2.10. The van der Waals surface area contributed by atoms with Crippen LogP contribution in [0, 0.1) is 0 Å². The molecule has 3 rings (SSSR count). The molecular formula is C22H22N2O4. The van der Waals surface area contributed by atoms with Gasteiger partial charge in [-0.3, -0.25) is 4.79 Å². The summed E-state index contributed by atoms with van der Waals surface area (Å²) in [7, 11) is 1.74. The average molecular weight is 378 g/mol. The van der Waals surface area contributed by atoms with Crippen molar-refractivity contribution in [2.24, 2.45) is 0 Å². The number of carbonyl (C=O) groups is 2. The van der Waals surface area contributed by atoms with Gasteiger partial charge in [0, 0.05) is 32.0 Å². The van der Waals surface area contributed by atoms with Crippen LogP contribution < -0.4 is 0 Å². The minimum Gasteiger partial charge on any atom is -0.478 e. The van der Waals surface area contributed by atoms with E-state index in [-0.39, 0.29) is 11.5 Å². The lowest BCUT2D eigenvalue weighted by Gasteiger charge is -2.17. The lowest BCUT2D eigenvalue weighted by Crippen LogP contribution is -2.26. The van der Waals surface area contributed by atoms with Gasteiger partial charge in [0.25, 0.3) is 0 Å². The molecule has 0 aliphatic rings. The van der Waals surface area contributed by atoms with E-state index in [9.17, 15) is 9.59 Å². The van der Waals surface area contributed by atoms with Gasteiger partial charge < -0.3 is 14.4 Å². The molecule has 0 radical (unpaired) electrons. The molecule has 0 fully saturated rings. The fraction of sp³-hybridized carbons (Fsp3) is 0.227. The molecule has 0 aliphatic heterocycles. The SMILES string of the molecule is CN(Cc1ccc(C(=O)O)cc1)C(=O)CCCc1ncc(-c2ccccc2)o1. The maximum Gasteiger partial charge on any atom is 0.335 e. The molecule has 1 heterocycles. The molecule has 0 aliphatic carbocycles. The van der Waals surface area contributed by atoms with Crippen molar-refractivity contribution in [1.82, 2.24) is 9.88 Å². The third-order valence-electron chi connectivity index (χ3n) is 4.44. The van der Waals surface area contributed by atoms with Gasteiger partial charge in [0.2, 0.25) is 5.91 Å². The van der Waals surface area contributed by atoms with Crippen molar-refractivity contribution in [2.75, 3.05) is 7.05 Å². The van der Waals surface area contributed by atoms with Crippen molar-refractivity contribution in [3.63, 3.8) is 0 Å². The number of carbonyl (C=O) groups excluding carboxylic acids is 1. The van der Waals surface area contributed by atoms with E-state index in [4.69, 9.17) is 9.52 Å². The number of aromatic nitrogens is 1. The van der Waals surface area contributed by atoms with Gasteiger partial charge in [-0.15, -0.1) is 0 Å². The van der Waals surface area contributed by atoms with Gasteiger partial charge in [0.1, 0.15) is 0 Å². The van der Waals surface area contributed by atoms with Crippen molar-refractivity contribution in [1.29, 1.82) is 0 Å². The average Bonchev–Trinajstić information content (AvgIpc) is 3.18. The fourth-order valence-corrected chi connectivity index (χ4v) is 2.86. The van der Waals surface area contributed by atoms with Gasteiger partial charge in [0.05, 0.1) is 11.8 Å². The minimum atomic E-state index is -0.960. The molecule has 0 unspecified atom stereocenters. The van der Waals surface area contributed by atoms with E-state index in [0.29, 0.717) is 31.7 Å². The predicted molar refractivity (Wildman–Crippen MR) is 105 cm³/mol. The molecule has 6 nitrogen and oxygen atoms in total. The van der Waals surface area contributed by atoms with E-state index >= 15 is 0 Å². The maximum absolute atomic E-state index is 12.3. The summed E-state index contributed by atoms with van der Waals surface area (Å²) >= 11 is 0. The molecule has 6 heteroatoms. The van der Waals surface area contributed by atoms with Gasteiger partial charge in [-0.1, -0.05) is 42.5 Å². The quantitative estimate of drug-likeness (QED) is 0.640. The van der Waals surface area contributed by atoms with Gasteiger partial charge in [-0.05, 0) is 24.1 Å². The van der Waals surface area contributed by atoms with Gasteiger partial charge in [-0.25, -0.2) is 9.78 Å². The topological polar surface area (TPSA) is 83.6 Å². The molecule has 144 valence electrons. The first-order chi connectivity index (χ1) is 13.5. The molecule has 1 aromatic heterocycles. The normalized spacial score (nSPS) is 10.6. The second kappa shape index (κ2) is 8.99. The second-order valence-corrected chi connectivity index (χ2v) is 6.59. The Morgan fingerprint density at radius 1 is 1.07 bits per heavy atom. The Kier molecular flexibility index (Phi) is 6.22. The summed E-state index contributed by atoms with van der Waals surface area (Å²) < 4.78 is 5.75. The number of benzene rings is 2. The lowest BCUT2D eigenvalue weighted by atomic mass is 10.1. The van der Waals surface area contributed by atoms with Crippen LogP contribution in [-0.4, -0.2) is 33.9 Å². The summed E-state index contributed by atoms with van der Waals surface area (Å²) in [5, 5.41) is 8.93. The van der Waals surface area contributed by atoms with Gasteiger partial charge in [0.15, 0.2) is 11.7 Å². The zero-order chi connectivity index (χ0) is 19.9. The number of aryl methyl sites for hydroxylation is 1. The highest BCUT2D eigenvalue weighted by Crippen LogP contribution is 2.20. The van der Waals surface area contributed by atoms with E-state index in [0.717, 1.165) is 16.9 Å². The van der Waals surface area contributed by atoms with Gasteiger partial charge in [-0.2, -0.15) is 0 Å². The number of hydrogen-bond donors (Lipinski definition) is 1. The minimum absolute atomic E-state index is 0.0251.